The monoisotopic (exact) mass is 429 g/mol. The Hall–Kier alpha value is -1.67. The number of hydrogen-bond acceptors (Lipinski definition) is 6. The van der Waals surface area contributed by atoms with Gasteiger partial charge in [-0.2, -0.15) is 0 Å². The summed E-state index contributed by atoms with van der Waals surface area (Å²) in [6.07, 6.45) is 11.5. The molecule has 2 aliphatic rings. The van der Waals surface area contributed by atoms with Gasteiger partial charge in [-0.15, -0.1) is 21.5 Å². The van der Waals surface area contributed by atoms with Crippen molar-refractivity contribution in [2.45, 2.75) is 82.3 Å². The number of rotatable bonds is 5. The summed E-state index contributed by atoms with van der Waals surface area (Å²) in [5, 5.41) is 14.2. The van der Waals surface area contributed by atoms with Gasteiger partial charge in [0.2, 0.25) is 5.91 Å². The van der Waals surface area contributed by atoms with Gasteiger partial charge >= 0.3 is 0 Å². The Kier molecular flexibility index (Phi) is 5.47. The van der Waals surface area contributed by atoms with Crippen LogP contribution in [0.1, 0.15) is 68.1 Å². The Morgan fingerprint density at radius 1 is 1.17 bits per heavy atom. The molecule has 3 aromatic heterocycles. The first kappa shape index (κ1) is 19.3. The van der Waals surface area contributed by atoms with Crippen LogP contribution in [-0.4, -0.2) is 37.3 Å². The van der Waals surface area contributed by atoms with E-state index in [1.807, 2.05) is 11.3 Å². The minimum Gasteiger partial charge on any atom is -0.353 e. The number of aryl methyl sites for hydroxylation is 3. The molecule has 3 heterocycles. The van der Waals surface area contributed by atoms with E-state index in [9.17, 15) is 4.79 Å². The molecule has 0 spiro atoms. The van der Waals surface area contributed by atoms with E-state index in [1.54, 1.807) is 0 Å². The molecule has 154 valence electrons. The number of fused-ring (bicyclic) bond motifs is 5. The number of amides is 1. The molecule has 8 heteroatoms. The lowest BCUT2D eigenvalue weighted by atomic mass is 9.95. The summed E-state index contributed by atoms with van der Waals surface area (Å²) in [7, 11) is 0. The molecular formula is C21H27N5OS2. The van der Waals surface area contributed by atoms with Gasteiger partial charge in [0.25, 0.3) is 0 Å². The minimum atomic E-state index is 0.0960. The van der Waals surface area contributed by atoms with Crippen LogP contribution in [0.25, 0.3) is 15.9 Å². The molecule has 0 unspecified atom stereocenters. The van der Waals surface area contributed by atoms with Crippen LogP contribution in [0.4, 0.5) is 0 Å². The highest BCUT2D eigenvalue weighted by atomic mass is 32.2. The average molecular weight is 430 g/mol. The van der Waals surface area contributed by atoms with E-state index in [0.717, 1.165) is 53.6 Å². The van der Waals surface area contributed by atoms with Crippen molar-refractivity contribution in [2.24, 2.45) is 0 Å². The summed E-state index contributed by atoms with van der Waals surface area (Å²) in [4.78, 5) is 20.0. The summed E-state index contributed by atoms with van der Waals surface area (Å²) in [6.45, 7) is 2.12. The zero-order valence-corrected chi connectivity index (χ0v) is 18.5. The van der Waals surface area contributed by atoms with Crippen molar-refractivity contribution in [1.29, 1.82) is 0 Å². The van der Waals surface area contributed by atoms with Crippen molar-refractivity contribution in [3.8, 4) is 0 Å². The average Bonchev–Trinajstić information content (AvgIpc) is 3.33. The Morgan fingerprint density at radius 2 is 2.00 bits per heavy atom. The van der Waals surface area contributed by atoms with Crippen LogP contribution < -0.4 is 5.32 Å². The molecule has 0 aliphatic heterocycles. The highest BCUT2D eigenvalue weighted by Gasteiger charge is 2.23. The number of carbonyl (C=O) groups is 1. The van der Waals surface area contributed by atoms with Crippen molar-refractivity contribution < 1.29 is 4.79 Å². The first-order valence-electron chi connectivity index (χ1n) is 10.8. The molecule has 0 atom stereocenters. The highest BCUT2D eigenvalue weighted by Crippen LogP contribution is 2.38. The first-order valence-corrected chi connectivity index (χ1v) is 12.6. The SMILES string of the molecule is CCc1nc2sc3c(c2c2nnc(SCC(=O)NC4CCCCC4)n12)CCCC3. The summed E-state index contributed by atoms with van der Waals surface area (Å²) < 4.78 is 2.09. The van der Waals surface area contributed by atoms with E-state index in [4.69, 9.17) is 4.98 Å². The minimum absolute atomic E-state index is 0.0960. The Bertz CT molecular complexity index is 1050. The lowest BCUT2D eigenvalue weighted by Crippen LogP contribution is -2.37. The number of aromatic nitrogens is 4. The predicted octanol–water partition coefficient (Wildman–Crippen LogP) is 4.32. The maximum absolute atomic E-state index is 12.5. The Balaban J connectivity index is 1.43. The van der Waals surface area contributed by atoms with Gasteiger partial charge in [-0.1, -0.05) is 37.9 Å². The Morgan fingerprint density at radius 3 is 2.83 bits per heavy atom. The molecular weight excluding hydrogens is 402 g/mol. The molecule has 0 aromatic carbocycles. The third kappa shape index (κ3) is 3.65. The van der Waals surface area contributed by atoms with Crippen LogP contribution in [0.3, 0.4) is 0 Å². The van der Waals surface area contributed by atoms with Crippen molar-refractivity contribution in [3.05, 3.63) is 16.3 Å². The summed E-state index contributed by atoms with van der Waals surface area (Å²) in [5.74, 6) is 1.45. The van der Waals surface area contributed by atoms with Crippen LogP contribution in [0.5, 0.6) is 0 Å². The van der Waals surface area contributed by atoms with E-state index in [0.29, 0.717) is 11.8 Å². The fourth-order valence-electron chi connectivity index (χ4n) is 4.67. The van der Waals surface area contributed by atoms with Gasteiger partial charge < -0.3 is 5.32 Å². The maximum Gasteiger partial charge on any atom is 0.230 e. The largest absolute Gasteiger partial charge is 0.353 e. The van der Waals surface area contributed by atoms with Crippen molar-refractivity contribution in [3.63, 3.8) is 0 Å². The molecule has 0 bridgehead atoms. The van der Waals surface area contributed by atoms with E-state index >= 15 is 0 Å². The van der Waals surface area contributed by atoms with Crippen molar-refractivity contribution in [1.82, 2.24) is 24.9 Å². The molecule has 6 nitrogen and oxygen atoms in total. The van der Waals surface area contributed by atoms with E-state index in [-0.39, 0.29) is 5.91 Å². The van der Waals surface area contributed by atoms with E-state index in [1.165, 1.54) is 59.7 Å². The quantitative estimate of drug-likeness (QED) is 0.612. The van der Waals surface area contributed by atoms with Crippen LogP contribution in [0.15, 0.2) is 5.16 Å². The second kappa shape index (κ2) is 8.22. The second-order valence-electron chi connectivity index (χ2n) is 8.11. The van der Waals surface area contributed by atoms with Crippen molar-refractivity contribution >= 4 is 44.9 Å². The second-order valence-corrected chi connectivity index (χ2v) is 10.1. The van der Waals surface area contributed by atoms with Gasteiger partial charge in [0.1, 0.15) is 10.7 Å². The molecule has 1 fully saturated rings. The maximum atomic E-state index is 12.5. The van der Waals surface area contributed by atoms with Gasteiger partial charge in [-0.25, -0.2) is 4.98 Å². The fraction of sp³-hybridized carbons (Fsp3) is 0.619. The first-order chi connectivity index (χ1) is 14.2. The summed E-state index contributed by atoms with van der Waals surface area (Å²) in [5.41, 5.74) is 2.34. The summed E-state index contributed by atoms with van der Waals surface area (Å²) in [6, 6.07) is 0.344. The third-order valence-corrected chi connectivity index (χ3v) is 8.23. The molecule has 0 saturated heterocycles. The number of hydrogen-bond donors (Lipinski definition) is 1. The zero-order valence-electron chi connectivity index (χ0n) is 16.9. The molecule has 2 aliphatic carbocycles. The van der Waals surface area contributed by atoms with E-state index < -0.39 is 0 Å². The number of nitrogens with one attached hydrogen (secondary N) is 1. The lowest BCUT2D eigenvalue weighted by molar-refractivity contribution is -0.119. The Labute approximate surface area is 178 Å². The van der Waals surface area contributed by atoms with Crippen LogP contribution in [-0.2, 0) is 24.1 Å². The molecule has 1 saturated carbocycles. The number of thiophene rings is 1. The smallest absolute Gasteiger partial charge is 0.230 e. The van der Waals surface area contributed by atoms with Gasteiger partial charge in [-0.3, -0.25) is 9.20 Å². The number of thioether (sulfide) groups is 1. The van der Waals surface area contributed by atoms with Gasteiger partial charge in [0.05, 0.1) is 11.1 Å². The van der Waals surface area contributed by atoms with Gasteiger partial charge in [0.15, 0.2) is 10.8 Å². The fourth-order valence-corrected chi connectivity index (χ4v) is 6.71. The number of carbonyl (C=O) groups excluding carboxylic acids is 1. The molecule has 3 aromatic rings. The summed E-state index contributed by atoms with van der Waals surface area (Å²) >= 11 is 3.30. The normalized spacial score (nSPS) is 17.7. The van der Waals surface area contributed by atoms with Crippen LogP contribution in [0.2, 0.25) is 0 Å². The highest BCUT2D eigenvalue weighted by molar-refractivity contribution is 7.99. The van der Waals surface area contributed by atoms with E-state index in [2.05, 4.69) is 26.8 Å². The zero-order chi connectivity index (χ0) is 19.8. The lowest BCUT2D eigenvalue weighted by Gasteiger charge is -2.22. The third-order valence-electron chi connectivity index (χ3n) is 6.12. The van der Waals surface area contributed by atoms with Gasteiger partial charge in [-0.05, 0) is 44.1 Å². The van der Waals surface area contributed by atoms with Crippen LogP contribution >= 0.6 is 23.1 Å². The topological polar surface area (TPSA) is 72.2 Å². The molecule has 29 heavy (non-hydrogen) atoms. The van der Waals surface area contributed by atoms with Crippen LogP contribution in [0, 0.1) is 0 Å². The molecule has 0 radical (unpaired) electrons. The standard InChI is InChI=1S/C21H27N5OS2/c1-2-16-23-20-18(14-10-6-7-11-15(14)29-20)19-24-25-21(26(16)19)28-12-17(27)22-13-8-4-3-5-9-13/h13H,2-12H2,1H3,(H,22,27). The molecule has 1 amide bonds. The predicted molar refractivity (Wildman–Crippen MR) is 118 cm³/mol. The van der Waals surface area contributed by atoms with Crippen molar-refractivity contribution in [2.75, 3.05) is 5.75 Å². The molecule has 1 N–H and O–H groups in total. The van der Waals surface area contributed by atoms with Gasteiger partial charge in [0, 0.05) is 17.3 Å². The molecule has 5 rings (SSSR count). The number of nitrogens with zero attached hydrogens (tertiary/aromatic N) is 4.